The molecule has 0 aliphatic rings. The normalized spacial score (nSPS) is 10.9. The van der Waals surface area contributed by atoms with Gasteiger partial charge in [0, 0.05) is 12.2 Å². The molecule has 3 aromatic rings. The summed E-state index contributed by atoms with van der Waals surface area (Å²) in [6, 6.07) is 10.9. The maximum Gasteiger partial charge on any atom is 0.263 e. The maximum absolute atomic E-state index is 12.4. The van der Waals surface area contributed by atoms with Crippen molar-refractivity contribution in [3.8, 4) is 0 Å². The fourth-order valence-corrected chi connectivity index (χ4v) is 2.54. The summed E-state index contributed by atoms with van der Waals surface area (Å²) in [6.07, 6.45) is 0.911. The molecule has 0 fully saturated rings. The number of fused-ring (bicyclic) bond motifs is 1. The monoisotopic (exact) mass is 310 g/mol. The molecule has 0 atom stereocenters. The number of imidazole rings is 1. The summed E-state index contributed by atoms with van der Waals surface area (Å²) in [7, 11) is 0. The first-order chi connectivity index (χ1) is 11.1. The molecule has 2 heterocycles. The number of nitrogens with one attached hydrogen (secondary N) is 2. The van der Waals surface area contributed by atoms with E-state index < -0.39 is 11.5 Å². The Morgan fingerprint density at radius 3 is 2.78 bits per heavy atom. The summed E-state index contributed by atoms with van der Waals surface area (Å²) < 4.78 is 1.95. The minimum Gasteiger partial charge on any atom is -0.326 e. The second-order valence-electron chi connectivity index (χ2n) is 5.41. The Morgan fingerprint density at radius 2 is 2.04 bits per heavy atom. The van der Waals surface area contributed by atoms with E-state index in [0.717, 1.165) is 24.0 Å². The fraction of sp³-hybridized carbons (Fsp3) is 0.235. The number of carbonyl (C=O) groups excluding carboxylic acids is 1. The SMILES string of the molecule is CCCn1c(NC(=O)c2ccc(C)[nH]c2=O)nc2ccccc21. The van der Waals surface area contributed by atoms with Gasteiger partial charge in [-0.1, -0.05) is 19.1 Å². The number of hydrogen-bond acceptors (Lipinski definition) is 3. The van der Waals surface area contributed by atoms with E-state index in [1.807, 2.05) is 28.8 Å². The van der Waals surface area contributed by atoms with Crippen LogP contribution in [0.15, 0.2) is 41.2 Å². The van der Waals surface area contributed by atoms with Crippen molar-refractivity contribution in [3.05, 3.63) is 58.0 Å². The lowest BCUT2D eigenvalue weighted by Gasteiger charge is -2.08. The molecular weight excluding hydrogens is 292 g/mol. The molecule has 1 aromatic carbocycles. The second-order valence-corrected chi connectivity index (χ2v) is 5.41. The van der Waals surface area contributed by atoms with Gasteiger partial charge in [-0.3, -0.25) is 14.9 Å². The lowest BCUT2D eigenvalue weighted by molar-refractivity contribution is 0.102. The number of amides is 1. The minimum atomic E-state index is -0.459. The van der Waals surface area contributed by atoms with Gasteiger partial charge < -0.3 is 9.55 Å². The van der Waals surface area contributed by atoms with Crippen LogP contribution in [0.5, 0.6) is 0 Å². The van der Waals surface area contributed by atoms with Gasteiger partial charge in [-0.2, -0.15) is 0 Å². The molecule has 23 heavy (non-hydrogen) atoms. The highest BCUT2D eigenvalue weighted by atomic mass is 16.2. The predicted octanol–water partition coefficient (Wildman–Crippen LogP) is 2.70. The molecular formula is C17H18N4O2. The smallest absolute Gasteiger partial charge is 0.263 e. The summed E-state index contributed by atoms with van der Waals surface area (Å²) in [6.45, 7) is 4.56. The number of aromatic amines is 1. The molecule has 0 radical (unpaired) electrons. The quantitative estimate of drug-likeness (QED) is 0.777. The van der Waals surface area contributed by atoms with Gasteiger partial charge in [0.1, 0.15) is 5.56 Å². The Morgan fingerprint density at radius 1 is 1.26 bits per heavy atom. The van der Waals surface area contributed by atoms with E-state index in [4.69, 9.17) is 0 Å². The molecule has 3 rings (SSSR count). The molecule has 0 saturated carbocycles. The molecule has 0 aliphatic heterocycles. The first kappa shape index (κ1) is 15.0. The highest BCUT2D eigenvalue weighted by molar-refractivity contribution is 6.03. The van der Waals surface area contributed by atoms with Crippen molar-refractivity contribution in [1.82, 2.24) is 14.5 Å². The van der Waals surface area contributed by atoms with Crippen molar-refractivity contribution < 1.29 is 4.79 Å². The zero-order valence-electron chi connectivity index (χ0n) is 13.1. The van der Waals surface area contributed by atoms with E-state index in [2.05, 4.69) is 22.2 Å². The minimum absolute atomic E-state index is 0.0747. The van der Waals surface area contributed by atoms with Crippen LogP contribution in [-0.4, -0.2) is 20.4 Å². The van der Waals surface area contributed by atoms with Gasteiger partial charge in [-0.05, 0) is 37.6 Å². The first-order valence-corrected chi connectivity index (χ1v) is 7.56. The number of anilines is 1. The number of carbonyl (C=O) groups is 1. The summed E-state index contributed by atoms with van der Waals surface area (Å²) >= 11 is 0. The van der Waals surface area contributed by atoms with Gasteiger partial charge >= 0.3 is 0 Å². The van der Waals surface area contributed by atoms with E-state index >= 15 is 0 Å². The van der Waals surface area contributed by atoms with Gasteiger partial charge in [0.2, 0.25) is 5.95 Å². The van der Waals surface area contributed by atoms with Crippen molar-refractivity contribution in [2.75, 3.05) is 5.32 Å². The number of rotatable bonds is 4. The van der Waals surface area contributed by atoms with Crippen LogP contribution in [0.2, 0.25) is 0 Å². The van der Waals surface area contributed by atoms with E-state index in [0.29, 0.717) is 11.6 Å². The topological polar surface area (TPSA) is 79.8 Å². The number of benzene rings is 1. The van der Waals surface area contributed by atoms with Gasteiger partial charge in [0.15, 0.2) is 0 Å². The van der Waals surface area contributed by atoms with E-state index in [9.17, 15) is 9.59 Å². The summed E-state index contributed by atoms with van der Waals surface area (Å²) in [5.41, 5.74) is 2.16. The van der Waals surface area contributed by atoms with Gasteiger partial charge in [0.25, 0.3) is 11.5 Å². The lowest BCUT2D eigenvalue weighted by Crippen LogP contribution is -2.24. The number of para-hydroxylation sites is 2. The molecule has 0 bridgehead atoms. The van der Waals surface area contributed by atoms with Crippen LogP contribution in [0.4, 0.5) is 5.95 Å². The van der Waals surface area contributed by atoms with E-state index in [1.165, 1.54) is 6.07 Å². The summed E-state index contributed by atoms with van der Waals surface area (Å²) in [5.74, 6) is -0.00284. The molecule has 2 aromatic heterocycles. The second kappa shape index (κ2) is 6.08. The molecule has 6 heteroatoms. The highest BCUT2D eigenvalue weighted by Gasteiger charge is 2.16. The largest absolute Gasteiger partial charge is 0.326 e. The average Bonchev–Trinajstić information content (AvgIpc) is 2.85. The number of aryl methyl sites for hydroxylation is 2. The van der Waals surface area contributed by atoms with E-state index in [1.54, 1.807) is 13.0 Å². The van der Waals surface area contributed by atoms with Crippen LogP contribution < -0.4 is 10.9 Å². The highest BCUT2D eigenvalue weighted by Crippen LogP contribution is 2.20. The van der Waals surface area contributed by atoms with Crippen molar-refractivity contribution in [2.24, 2.45) is 0 Å². The molecule has 0 unspecified atom stereocenters. The third-order valence-electron chi connectivity index (χ3n) is 3.63. The Kier molecular flexibility index (Phi) is 3.97. The van der Waals surface area contributed by atoms with Crippen molar-refractivity contribution in [3.63, 3.8) is 0 Å². The van der Waals surface area contributed by atoms with Gasteiger partial charge in [-0.15, -0.1) is 0 Å². The summed E-state index contributed by atoms with van der Waals surface area (Å²) in [5, 5.41) is 2.75. The van der Waals surface area contributed by atoms with Crippen LogP contribution >= 0.6 is 0 Å². The van der Waals surface area contributed by atoms with Crippen LogP contribution in [0.3, 0.4) is 0 Å². The molecule has 0 aliphatic carbocycles. The number of H-pyrrole nitrogens is 1. The number of pyridine rings is 1. The van der Waals surface area contributed by atoms with Crippen LogP contribution in [0.1, 0.15) is 29.4 Å². The third-order valence-corrected chi connectivity index (χ3v) is 3.63. The molecule has 2 N–H and O–H groups in total. The Bertz CT molecular complexity index is 924. The summed E-state index contributed by atoms with van der Waals surface area (Å²) in [4.78, 5) is 31.4. The third kappa shape index (κ3) is 2.88. The Hall–Kier alpha value is -2.89. The van der Waals surface area contributed by atoms with Crippen molar-refractivity contribution in [1.29, 1.82) is 0 Å². The molecule has 6 nitrogen and oxygen atoms in total. The van der Waals surface area contributed by atoms with Crippen LogP contribution in [0, 0.1) is 6.92 Å². The average molecular weight is 310 g/mol. The Labute approximate surface area is 133 Å². The lowest BCUT2D eigenvalue weighted by atomic mass is 10.2. The molecule has 0 saturated heterocycles. The standard InChI is InChI=1S/C17H18N4O2/c1-3-10-21-14-7-5-4-6-13(14)19-17(21)20-16(23)12-9-8-11(2)18-15(12)22/h4-9H,3,10H2,1-2H3,(H,18,22)(H,19,20,23). The zero-order valence-corrected chi connectivity index (χ0v) is 13.1. The number of hydrogen-bond donors (Lipinski definition) is 2. The van der Waals surface area contributed by atoms with Crippen LogP contribution in [0.25, 0.3) is 11.0 Å². The van der Waals surface area contributed by atoms with Crippen molar-refractivity contribution in [2.45, 2.75) is 26.8 Å². The van der Waals surface area contributed by atoms with E-state index in [-0.39, 0.29) is 5.56 Å². The molecule has 118 valence electrons. The predicted molar refractivity (Wildman–Crippen MR) is 89.8 cm³/mol. The number of nitrogens with zero attached hydrogens (tertiary/aromatic N) is 2. The van der Waals surface area contributed by atoms with Crippen LogP contribution in [-0.2, 0) is 6.54 Å². The molecule has 1 amide bonds. The van der Waals surface area contributed by atoms with Crippen molar-refractivity contribution >= 4 is 22.9 Å². The van der Waals surface area contributed by atoms with Gasteiger partial charge in [0.05, 0.1) is 11.0 Å². The zero-order chi connectivity index (χ0) is 16.4. The molecule has 0 spiro atoms. The first-order valence-electron chi connectivity index (χ1n) is 7.56. The fourth-order valence-electron chi connectivity index (χ4n) is 2.54. The maximum atomic E-state index is 12.4. The Balaban J connectivity index is 1.99. The number of aromatic nitrogens is 3. The van der Waals surface area contributed by atoms with Gasteiger partial charge in [-0.25, -0.2) is 4.98 Å².